The van der Waals surface area contributed by atoms with Crippen LogP contribution in [-0.2, 0) is 27.2 Å². The number of esters is 1. The third-order valence-electron chi connectivity index (χ3n) is 2.96. The highest BCUT2D eigenvalue weighted by molar-refractivity contribution is 5.74. The summed E-state index contributed by atoms with van der Waals surface area (Å²) in [6.45, 7) is 1.89. The zero-order valence-corrected chi connectivity index (χ0v) is 11.0. The summed E-state index contributed by atoms with van der Waals surface area (Å²) in [5.41, 5.74) is 2.10. The molecule has 1 aromatic rings. The van der Waals surface area contributed by atoms with Gasteiger partial charge in [0.15, 0.2) is 6.10 Å². The van der Waals surface area contributed by atoms with Crippen LogP contribution in [0.2, 0.25) is 0 Å². The molecular formula is C14H18O5. The van der Waals surface area contributed by atoms with E-state index < -0.39 is 12.1 Å². The Kier molecular flexibility index (Phi) is 5.51. The van der Waals surface area contributed by atoms with E-state index in [-0.39, 0.29) is 12.4 Å². The number of aliphatic carboxylic acids is 1. The maximum absolute atomic E-state index is 11.1. The molecule has 1 rings (SSSR count). The number of methoxy groups -OCH3 is 1. The predicted octanol–water partition coefficient (Wildman–Crippen LogP) is 1.47. The lowest BCUT2D eigenvalue weighted by Gasteiger charge is -2.13. The summed E-state index contributed by atoms with van der Waals surface area (Å²) >= 11 is 0. The van der Waals surface area contributed by atoms with Crippen LogP contribution in [0.3, 0.4) is 0 Å². The lowest BCUT2D eigenvalue weighted by atomic mass is 9.96. The number of benzene rings is 1. The van der Waals surface area contributed by atoms with E-state index in [1.165, 1.54) is 7.11 Å². The Morgan fingerprint density at radius 2 is 2.05 bits per heavy atom. The SMILES string of the molecule is CCc1cc(CCC(=O)OC)ccc1C(O)C(=O)O. The molecule has 5 heteroatoms. The Morgan fingerprint density at radius 1 is 1.37 bits per heavy atom. The number of ether oxygens (including phenoxy) is 1. The van der Waals surface area contributed by atoms with Crippen molar-refractivity contribution < 1.29 is 24.5 Å². The summed E-state index contributed by atoms with van der Waals surface area (Å²) in [5, 5.41) is 18.4. The van der Waals surface area contributed by atoms with Gasteiger partial charge in [0.2, 0.25) is 0 Å². The molecule has 0 aliphatic rings. The molecule has 0 aliphatic carbocycles. The number of hydrogen-bond acceptors (Lipinski definition) is 4. The van der Waals surface area contributed by atoms with Crippen molar-refractivity contribution in [3.05, 3.63) is 34.9 Å². The highest BCUT2D eigenvalue weighted by Gasteiger charge is 2.19. The largest absolute Gasteiger partial charge is 0.479 e. The fourth-order valence-corrected chi connectivity index (χ4v) is 1.87. The van der Waals surface area contributed by atoms with Gasteiger partial charge in [0.05, 0.1) is 7.11 Å². The Bertz CT molecular complexity index is 467. The zero-order chi connectivity index (χ0) is 14.4. The standard InChI is InChI=1S/C14H18O5/c1-3-10-8-9(5-7-12(15)19-2)4-6-11(10)13(16)14(17)18/h4,6,8,13,16H,3,5,7H2,1-2H3,(H,17,18). The molecule has 0 saturated carbocycles. The van der Waals surface area contributed by atoms with E-state index in [9.17, 15) is 14.7 Å². The molecule has 0 radical (unpaired) electrons. The summed E-state index contributed by atoms with van der Waals surface area (Å²) in [5.74, 6) is -1.55. The smallest absolute Gasteiger partial charge is 0.337 e. The topological polar surface area (TPSA) is 83.8 Å². The number of rotatable bonds is 6. The number of aryl methyl sites for hydroxylation is 2. The van der Waals surface area contributed by atoms with E-state index in [2.05, 4.69) is 4.74 Å². The summed E-state index contributed by atoms with van der Waals surface area (Å²) in [6, 6.07) is 5.15. The molecule has 5 nitrogen and oxygen atoms in total. The van der Waals surface area contributed by atoms with Gasteiger partial charge < -0.3 is 14.9 Å². The van der Waals surface area contributed by atoms with Crippen LogP contribution in [0.4, 0.5) is 0 Å². The second-order valence-electron chi connectivity index (χ2n) is 4.20. The third kappa shape index (κ3) is 4.06. The molecule has 0 bridgehead atoms. The Morgan fingerprint density at radius 3 is 2.58 bits per heavy atom. The van der Waals surface area contributed by atoms with Gasteiger partial charge in [-0.25, -0.2) is 4.79 Å². The van der Waals surface area contributed by atoms with Gasteiger partial charge in [-0.05, 0) is 29.5 Å². The van der Waals surface area contributed by atoms with Crippen molar-refractivity contribution >= 4 is 11.9 Å². The molecule has 104 valence electrons. The van der Waals surface area contributed by atoms with Gasteiger partial charge in [-0.2, -0.15) is 0 Å². The molecular weight excluding hydrogens is 248 g/mol. The molecule has 0 heterocycles. The van der Waals surface area contributed by atoms with Gasteiger partial charge in [-0.15, -0.1) is 0 Å². The fraction of sp³-hybridized carbons (Fsp3) is 0.429. The Hall–Kier alpha value is -1.88. The quantitative estimate of drug-likeness (QED) is 0.762. The van der Waals surface area contributed by atoms with Crippen LogP contribution in [0.5, 0.6) is 0 Å². The van der Waals surface area contributed by atoms with Gasteiger partial charge in [0, 0.05) is 6.42 Å². The number of carboxylic acid groups (broad SMARTS) is 1. The van der Waals surface area contributed by atoms with Crippen LogP contribution in [0.1, 0.15) is 36.1 Å². The molecule has 0 saturated heterocycles. The first-order valence-electron chi connectivity index (χ1n) is 6.09. The molecule has 0 aromatic heterocycles. The van der Waals surface area contributed by atoms with Gasteiger partial charge in [-0.1, -0.05) is 25.1 Å². The summed E-state index contributed by atoms with van der Waals surface area (Å²) in [6.07, 6.45) is -0.0837. The van der Waals surface area contributed by atoms with Crippen LogP contribution in [-0.4, -0.2) is 29.3 Å². The van der Waals surface area contributed by atoms with E-state index in [0.29, 0.717) is 18.4 Å². The van der Waals surface area contributed by atoms with Crippen molar-refractivity contribution in [2.24, 2.45) is 0 Å². The molecule has 0 amide bonds. The maximum atomic E-state index is 11.1. The Balaban J connectivity index is 2.89. The third-order valence-corrected chi connectivity index (χ3v) is 2.96. The second kappa shape index (κ2) is 6.89. The molecule has 1 unspecified atom stereocenters. The number of carboxylic acids is 1. The van der Waals surface area contributed by atoms with E-state index in [1.807, 2.05) is 13.0 Å². The first-order chi connectivity index (χ1) is 8.99. The average molecular weight is 266 g/mol. The fourth-order valence-electron chi connectivity index (χ4n) is 1.87. The van der Waals surface area contributed by atoms with Crippen molar-refractivity contribution in [3.8, 4) is 0 Å². The van der Waals surface area contributed by atoms with Crippen LogP contribution in [0, 0.1) is 0 Å². The number of aliphatic hydroxyl groups is 1. The zero-order valence-electron chi connectivity index (χ0n) is 11.0. The molecule has 0 aliphatic heterocycles. The minimum Gasteiger partial charge on any atom is -0.479 e. The van der Waals surface area contributed by atoms with Crippen LogP contribution < -0.4 is 0 Å². The summed E-state index contributed by atoms with van der Waals surface area (Å²) < 4.78 is 4.57. The lowest BCUT2D eigenvalue weighted by Crippen LogP contribution is -2.13. The highest BCUT2D eigenvalue weighted by atomic mass is 16.5. The second-order valence-corrected chi connectivity index (χ2v) is 4.20. The van der Waals surface area contributed by atoms with E-state index >= 15 is 0 Å². The molecule has 0 fully saturated rings. The van der Waals surface area contributed by atoms with E-state index in [0.717, 1.165) is 11.1 Å². The monoisotopic (exact) mass is 266 g/mol. The lowest BCUT2D eigenvalue weighted by molar-refractivity contribution is -0.147. The molecule has 1 atom stereocenters. The van der Waals surface area contributed by atoms with Crippen LogP contribution in [0.15, 0.2) is 18.2 Å². The van der Waals surface area contributed by atoms with Crippen molar-refractivity contribution in [2.75, 3.05) is 7.11 Å². The van der Waals surface area contributed by atoms with Gasteiger partial charge in [0.25, 0.3) is 0 Å². The van der Waals surface area contributed by atoms with Crippen LogP contribution >= 0.6 is 0 Å². The van der Waals surface area contributed by atoms with Gasteiger partial charge in [-0.3, -0.25) is 4.79 Å². The van der Waals surface area contributed by atoms with Crippen molar-refractivity contribution in [1.82, 2.24) is 0 Å². The van der Waals surface area contributed by atoms with Gasteiger partial charge in [0.1, 0.15) is 0 Å². The first kappa shape index (κ1) is 15.2. The maximum Gasteiger partial charge on any atom is 0.337 e. The van der Waals surface area contributed by atoms with Crippen molar-refractivity contribution in [1.29, 1.82) is 0 Å². The number of aliphatic hydroxyl groups excluding tert-OH is 1. The summed E-state index contributed by atoms with van der Waals surface area (Å²) in [4.78, 5) is 21.9. The van der Waals surface area contributed by atoms with Gasteiger partial charge >= 0.3 is 11.9 Å². The number of carbonyl (C=O) groups is 2. The number of hydrogen-bond donors (Lipinski definition) is 2. The molecule has 1 aromatic carbocycles. The first-order valence-corrected chi connectivity index (χ1v) is 6.09. The highest BCUT2D eigenvalue weighted by Crippen LogP contribution is 2.21. The normalized spacial score (nSPS) is 11.9. The molecule has 0 spiro atoms. The van der Waals surface area contributed by atoms with Crippen molar-refractivity contribution in [3.63, 3.8) is 0 Å². The number of carbonyl (C=O) groups excluding carboxylic acids is 1. The van der Waals surface area contributed by atoms with E-state index in [4.69, 9.17) is 5.11 Å². The average Bonchev–Trinajstić information content (AvgIpc) is 2.43. The van der Waals surface area contributed by atoms with E-state index in [1.54, 1.807) is 12.1 Å². The molecule has 19 heavy (non-hydrogen) atoms. The van der Waals surface area contributed by atoms with Crippen LogP contribution in [0.25, 0.3) is 0 Å². The summed E-state index contributed by atoms with van der Waals surface area (Å²) in [7, 11) is 1.34. The predicted molar refractivity (Wildman–Crippen MR) is 68.8 cm³/mol. The Labute approximate surface area is 111 Å². The molecule has 2 N–H and O–H groups in total. The minimum absolute atomic E-state index is 0.278. The van der Waals surface area contributed by atoms with Crippen molar-refractivity contribution in [2.45, 2.75) is 32.3 Å². The minimum atomic E-state index is -1.51.